The first-order valence-corrected chi connectivity index (χ1v) is 10.6. The lowest BCUT2D eigenvalue weighted by Crippen LogP contribution is -2.45. The van der Waals surface area contributed by atoms with Crippen LogP contribution in [0.3, 0.4) is 0 Å². The normalized spacial score (nSPS) is 18.2. The van der Waals surface area contributed by atoms with Crippen molar-refractivity contribution >= 4 is 40.8 Å². The number of benzene rings is 1. The predicted octanol–water partition coefficient (Wildman–Crippen LogP) is 3.34. The Morgan fingerprint density at radius 3 is 2.69 bits per heavy atom. The number of hydrogen-bond acceptors (Lipinski definition) is 7. The SMILES string of the molecule is O=C(CSc1nc(Cl)cc(N2CCC3(CC2)OCCO3)n1)Nc1ccccc1F. The van der Waals surface area contributed by atoms with Gasteiger partial charge in [-0.2, -0.15) is 0 Å². The van der Waals surface area contributed by atoms with Crippen LogP contribution in [0.1, 0.15) is 12.8 Å². The number of hydrogen-bond donors (Lipinski definition) is 1. The molecule has 1 aromatic heterocycles. The average Bonchev–Trinajstić information content (AvgIpc) is 3.16. The Balaban J connectivity index is 1.36. The number of nitrogens with zero attached hydrogens (tertiary/aromatic N) is 3. The second-order valence-corrected chi connectivity index (χ2v) is 8.07. The minimum Gasteiger partial charge on any atom is -0.356 e. The van der Waals surface area contributed by atoms with Gasteiger partial charge < -0.3 is 19.7 Å². The molecule has 4 rings (SSSR count). The molecule has 10 heteroatoms. The van der Waals surface area contributed by atoms with Gasteiger partial charge in [0.05, 0.1) is 24.7 Å². The van der Waals surface area contributed by atoms with Crippen LogP contribution < -0.4 is 10.2 Å². The zero-order chi connectivity index (χ0) is 20.3. The van der Waals surface area contributed by atoms with Crippen molar-refractivity contribution in [2.75, 3.05) is 42.3 Å². The summed E-state index contributed by atoms with van der Waals surface area (Å²) in [6.45, 7) is 2.72. The highest BCUT2D eigenvalue weighted by atomic mass is 35.5. The topological polar surface area (TPSA) is 76.6 Å². The first-order valence-electron chi connectivity index (χ1n) is 9.28. The van der Waals surface area contributed by atoms with Crippen molar-refractivity contribution in [2.24, 2.45) is 0 Å². The number of anilines is 2. The first kappa shape index (κ1) is 20.3. The fraction of sp³-hybridized carbons (Fsp3) is 0.421. The second kappa shape index (κ2) is 8.83. The van der Waals surface area contributed by atoms with Crippen LogP contribution in [0.4, 0.5) is 15.9 Å². The number of halogens is 2. The van der Waals surface area contributed by atoms with Crippen molar-refractivity contribution in [1.29, 1.82) is 0 Å². The van der Waals surface area contributed by atoms with Gasteiger partial charge >= 0.3 is 0 Å². The van der Waals surface area contributed by atoms with Gasteiger partial charge in [0.15, 0.2) is 10.9 Å². The van der Waals surface area contributed by atoms with Crippen molar-refractivity contribution < 1.29 is 18.7 Å². The van der Waals surface area contributed by atoms with E-state index in [1.165, 1.54) is 12.1 Å². The van der Waals surface area contributed by atoms with Crippen LogP contribution in [0.25, 0.3) is 0 Å². The molecule has 2 aliphatic rings. The third-order valence-corrected chi connectivity index (χ3v) is 5.84. The number of carbonyl (C=O) groups excluding carboxylic acids is 1. The van der Waals surface area contributed by atoms with Gasteiger partial charge in [-0.3, -0.25) is 4.79 Å². The second-order valence-electron chi connectivity index (χ2n) is 6.74. The zero-order valence-electron chi connectivity index (χ0n) is 15.6. The lowest BCUT2D eigenvalue weighted by molar-refractivity contribution is -0.169. The number of carbonyl (C=O) groups is 1. The van der Waals surface area contributed by atoms with E-state index in [1.54, 1.807) is 18.2 Å². The molecule has 154 valence electrons. The van der Waals surface area contributed by atoms with Gasteiger partial charge in [0, 0.05) is 32.0 Å². The van der Waals surface area contributed by atoms with E-state index in [-0.39, 0.29) is 17.3 Å². The van der Waals surface area contributed by atoms with E-state index < -0.39 is 11.6 Å². The molecule has 2 saturated heterocycles. The molecular weight excluding hydrogens is 419 g/mol. The molecule has 7 nitrogen and oxygen atoms in total. The molecule has 2 aliphatic heterocycles. The van der Waals surface area contributed by atoms with Crippen molar-refractivity contribution in [2.45, 2.75) is 23.8 Å². The third-order valence-electron chi connectivity index (χ3n) is 4.80. The van der Waals surface area contributed by atoms with Crippen LogP contribution >= 0.6 is 23.4 Å². The van der Waals surface area contributed by atoms with E-state index in [9.17, 15) is 9.18 Å². The fourth-order valence-corrected chi connectivity index (χ4v) is 4.23. The minimum atomic E-state index is -0.481. The van der Waals surface area contributed by atoms with Crippen LogP contribution in [-0.2, 0) is 14.3 Å². The van der Waals surface area contributed by atoms with E-state index in [1.807, 2.05) is 0 Å². The van der Waals surface area contributed by atoms with E-state index in [2.05, 4.69) is 20.2 Å². The summed E-state index contributed by atoms with van der Waals surface area (Å²) in [5.74, 6) is -0.546. The summed E-state index contributed by atoms with van der Waals surface area (Å²) in [6.07, 6.45) is 1.50. The summed E-state index contributed by atoms with van der Waals surface area (Å²) in [6, 6.07) is 7.72. The van der Waals surface area contributed by atoms with Gasteiger partial charge in [-0.15, -0.1) is 0 Å². The maximum Gasteiger partial charge on any atom is 0.234 e. The molecule has 2 aromatic rings. The molecule has 0 atom stereocenters. The molecule has 1 spiro atoms. The van der Waals surface area contributed by atoms with Gasteiger partial charge in [0.25, 0.3) is 0 Å². The van der Waals surface area contributed by atoms with Gasteiger partial charge in [0.1, 0.15) is 16.8 Å². The number of ether oxygens (including phenoxy) is 2. The number of para-hydroxylation sites is 1. The van der Waals surface area contributed by atoms with Crippen LogP contribution in [-0.4, -0.2) is 53.7 Å². The van der Waals surface area contributed by atoms with Gasteiger partial charge in [-0.25, -0.2) is 14.4 Å². The molecular formula is C19H20ClFN4O3S. The maximum absolute atomic E-state index is 13.6. The van der Waals surface area contributed by atoms with Crippen LogP contribution in [0.15, 0.2) is 35.5 Å². The molecule has 1 amide bonds. The number of rotatable bonds is 5. The highest BCUT2D eigenvalue weighted by molar-refractivity contribution is 7.99. The molecule has 0 saturated carbocycles. The number of thioether (sulfide) groups is 1. The minimum absolute atomic E-state index is 0.0406. The standard InChI is InChI=1S/C19H20ClFN4O3S/c20-15-11-16(25-7-5-19(6-8-25)27-9-10-28-19)24-18(23-15)29-12-17(26)22-14-4-2-1-3-13(14)21/h1-4,11H,5-10,12H2,(H,22,26). The van der Waals surface area contributed by atoms with Crippen molar-refractivity contribution in [1.82, 2.24) is 9.97 Å². The summed E-state index contributed by atoms with van der Waals surface area (Å²) in [5, 5.41) is 3.24. The van der Waals surface area contributed by atoms with Crippen molar-refractivity contribution in [3.63, 3.8) is 0 Å². The van der Waals surface area contributed by atoms with Crippen molar-refractivity contribution in [3.05, 3.63) is 41.3 Å². The Kier molecular flexibility index (Phi) is 6.19. The molecule has 2 fully saturated rings. The number of amides is 1. The van der Waals surface area contributed by atoms with E-state index in [0.717, 1.165) is 37.7 Å². The summed E-state index contributed by atoms with van der Waals surface area (Å²) < 4.78 is 25.2. The van der Waals surface area contributed by atoms with E-state index >= 15 is 0 Å². The Morgan fingerprint density at radius 2 is 1.97 bits per heavy atom. The zero-order valence-corrected chi connectivity index (χ0v) is 17.1. The third kappa shape index (κ3) is 4.98. The molecule has 0 aliphatic carbocycles. The molecule has 1 aromatic carbocycles. The molecule has 0 unspecified atom stereocenters. The van der Waals surface area contributed by atoms with Crippen molar-refractivity contribution in [3.8, 4) is 0 Å². The Bertz CT molecular complexity index is 888. The van der Waals surface area contributed by atoms with E-state index in [4.69, 9.17) is 21.1 Å². The number of aromatic nitrogens is 2. The molecule has 29 heavy (non-hydrogen) atoms. The van der Waals surface area contributed by atoms with Gasteiger partial charge in [0.2, 0.25) is 5.91 Å². The monoisotopic (exact) mass is 438 g/mol. The summed E-state index contributed by atoms with van der Waals surface area (Å²) >= 11 is 7.31. The fourth-order valence-electron chi connectivity index (χ4n) is 3.35. The predicted molar refractivity (Wildman–Crippen MR) is 109 cm³/mol. The number of piperidine rings is 1. The smallest absolute Gasteiger partial charge is 0.234 e. The lowest BCUT2D eigenvalue weighted by Gasteiger charge is -2.38. The largest absolute Gasteiger partial charge is 0.356 e. The summed E-state index contributed by atoms with van der Waals surface area (Å²) in [7, 11) is 0. The molecule has 3 heterocycles. The Morgan fingerprint density at radius 1 is 1.24 bits per heavy atom. The molecule has 1 N–H and O–H groups in total. The van der Waals surface area contributed by atoms with Crippen LogP contribution in [0.2, 0.25) is 5.15 Å². The Hall–Kier alpha value is -1.94. The van der Waals surface area contributed by atoms with Gasteiger partial charge in [-0.05, 0) is 12.1 Å². The van der Waals surface area contributed by atoms with Gasteiger partial charge in [-0.1, -0.05) is 35.5 Å². The summed E-state index contributed by atoms with van der Waals surface area (Å²) in [4.78, 5) is 22.9. The van der Waals surface area contributed by atoms with E-state index in [0.29, 0.717) is 29.3 Å². The highest BCUT2D eigenvalue weighted by Crippen LogP contribution is 2.33. The van der Waals surface area contributed by atoms with Crippen LogP contribution in [0.5, 0.6) is 0 Å². The quantitative estimate of drug-likeness (QED) is 0.436. The number of nitrogens with one attached hydrogen (secondary N) is 1. The average molecular weight is 439 g/mol. The summed E-state index contributed by atoms with van der Waals surface area (Å²) in [5.41, 5.74) is 0.143. The lowest BCUT2D eigenvalue weighted by atomic mass is 10.0. The Labute approximate surface area is 176 Å². The maximum atomic E-state index is 13.6. The molecule has 0 radical (unpaired) electrons. The van der Waals surface area contributed by atoms with Crippen LogP contribution in [0, 0.1) is 5.82 Å². The molecule has 0 bridgehead atoms. The first-order chi connectivity index (χ1) is 14.0. The highest BCUT2D eigenvalue weighted by Gasteiger charge is 2.40.